The minimum Gasteiger partial charge on any atom is -0.353 e. The molecule has 2 atom stereocenters. The van der Waals surface area contributed by atoms with Crippen LogP contribution in [0.3, 0.4) is 0 Å². The molecule has 0 bridgehead atoms. The fraction of sp³-hybridized carbons (Fsp3) is 0.786. The molecule has 0 spiro atoms. The van der Waals surface area contributed by atoms with Crippen LogP contribution < -0.4 is 4.90 Å². The van der Waals surface area contributed by atoms with Crippen LogP contribution in [0.4, 0.5) is 5.82 Å². The maximum Gasteiger partial charge on any atom is 0.131 e. The first-order valence-corrected chi connectivity index (χ1v) is 7.61. The lowest BCUT2D eigenvalue weighted by Gasteiger charge is -2.39. The number of halogens is 1. The van der Waals surface area contributed by atoms with Crippen LogP contribution in [0.5, 0.6) is 0 Å². The maximum absolute atomic E-state index is 6.13. The Hall–Kier alpha value is -0.700. The predicted octanol–water partition coefficient (Wildman–Crippen LogP) is 3.24. The van der Waals surface area contributed by atoms with Gasteiger partial charge in [0, 0.05) is 25.2 Å². The van der Waals surface area contributed by atoms with Gasteiger partial charge < -0.3 is 4.90 Å². The van der Waals surface area contributed by atoms with Crippen molar-refractivity contribution in [2.75, 3.05) is 11.4 Å². The summed E-state index contributed by atoms with van der Waals surface area (Å²) >= 11 is 6.13. The number of aryl methyl sites for hydroxylation is 2. The van der Waals surface area contributed by atoms with Gasteiger partial charge in [0.25, 0.3) is 0 Å². The Bertz CT molecular complexity index is 440. The molecule has 1 aliphatic heterocycles. The molecule has 3 nitrogen and oxygen atoms in total. The summed E-state index contributed by atoms with van der Waals surface area (Å²) in [5.41, 5.74) is 2.31. The Morgan fingerprint density at radius 3 is 2.83 bits per heavy atom. The number of rotatable bonds is 2. The summed E-state index contributed by atoms with van der Waals surface area (Å²) in [6, 6.07) is 0.732. The van der Waals surface area contributed by atoms with Gasteiger partial charge in [0.05, 0.1) is 11.6 Å². The van der Waals surface area contributed by atoms with Crippen LogP contribution in [0.15, 0.2) is 0 Å². The van der Waals surface area contributed by atoms with Crippen molar-refractivity contribution in [3.63, 3.8) is 0 Å². The molecule has 2 unspecified atom stereocenters. The van der Waals surface area contributed by atoms with Gasteiger partial charge in [-0.1, -0.05) is 6.42 Å². The van der Waals surface area contributed by atoms with Crippen molar-refractivity contribution in [3.8, 4) is 0 Å². The first-order chi connectivity index (χ1) is 8.72. The van der Waals surface area contributed by atoms with Gasteiger partial charge >= 0.3 is 0 Å². The summed E-state index contributed by atoms with van der Waals surface area (Å²) in [4.78, 5) is 2.60. The van der Waals surface area contributed by atoms with Gasteiger partial charge in [-0.05, 0) is 38.5 Å². The predicted molar refractivity (Wildman–Crippen MR) is 75.2 cm³/mol. The molecule has 1 saturated heterocycles. The molecular weight excluding hydrogens is 246 g/mol. The van der Waals surface area contributed by atoms with Crippen molar-refractivity contribution in [1.82, 2.24) is 9.78 Å². The highest BCUT2D eigenvalue weighted by molar-refractivity contribution is 6.17. The number of hydrogen-bond acceptors (Lipinski definition) is 2. The molecule has 1 aromatic heterocycles. The third-order valence-corrected chi connectivity index (χ3v) is 4.98. The van der Waals surface area contributed by atoms with Crippen LogP contribution in [0.1, 0.15) is 43.4 Å². The standard InChI is InChI=1S/C14H22ClN3/c1-10-12(9-15)14(17(2)16-10)18-8-4-6-11-5-3-7-13(11)18/h11,13H,3-9H2,1-2H3. The van der Waals surface area contributed by atoms with Gasteiger partial charge in [-0.2, -0.15) is 5.10 Å². The van der Waals surface area contributed by atoms with Crippen molar-refractivity contribution in [2.45, 2.75) is 50.9 Å². The minimum absolute atomic E-state index is 0.572. The molecule has 0 aromatic carbocycles. The number of fused-ring (bicyclic) bond motifs is 1. The molecule has 1 saturated carbocycles. The Morgan fingerprint density at radius 2 is 2.06 bits per heavy atom. The molecule has 0 N–H and O–H groups in total. The average molecular weight is 268 g/mol. The van der Waals surface area contributed by atoms with E-state index in [1.54, 1.807) is 0 Å². The van der Waals surface area contributed by atoms with Crippen molar-refractivity contribution in [1.29, 1.82) is 0 Å². The van der Waals surface area contributed by atoms with Crippen molar-refractivity contribution >= 4 is 17.4 Å². The zero-order chi connectivity index (χ0) is 12.7. The highest BCUT2D eigenvalue weighted by Gasteiger charge is 2.37. The second kappa shape index (κ2) is 4.76. The molecule has 18 heavy (non-hydrogen) atoms. The van der Waals surface area contributed by atoms with Crippen molar-refractivity contribution in [2.24, 2.45) is 13.0 Å². The summed E-state index contributed by atoms with van der Waals surface area (Å²) in [6.07, 6.45) is 6.87. The lowest BCUT2D eigenvalue weighted by Crippen LogP contribution is -2.44. The fourth-order valence-electron chi connectivity index (χ4n) is 3.92. The molecule has 0 radical (unpaired) electrons. The summed E-state index contributed by atoms with van der Waals surface area (Å²) in [7, 11) is 2.05. The monoisotopic (exact) mass is 267 g/mol. The van der Waals surface area contributed by atoms with Crippen molar-refractivity contribution in [3.05, 3.63) is 11.3 Å². The van der Waals surface area contributed by atoms with Gasteiger partial charge in [-0.25, -0.2) is 0 Å². The van der Waals surface area contributed by atoms with E-state index in [2.05, 4.69) is 24.0 Å². The molecule has 4 heteroatoms. The summed E-state index contributed by atoms with van der Waals surface area (Å²) in [6.45, 7) is 3.24. The smallest absolute Gasteiger partial charge is 0.131 e. The molecule has 2 fully saturated rings. The maximum atomic E-state index is 6.13. The second-order valence-corrected chi connectivity index (χ2v) is 6.01. The Morgan fingerprint density at radius 1 is 1.28 bits per heavy atom. The van der Waals surface area contributed by atoms with Gasteiger partial charge in [0.15, 0.2) is 0 Å². The molecule has 0 amide bonds. The van der Waals surface area contributed by atoms with E-state index in [1.807, 2.05) is 4.68 Å². The SMILES string of the molecule is Cc1nn(C)c(N2CCCC3CCCC32)c1CCl. The average Bonchev–Trinajstić information content (AvgIpc) is 2.92. The third kappa shape index (κ3) is 1.83. The number of alkyl halides is 1. The first-order valence-electron chi connectivity index (χ1n) is 7.07. The lowest BCUT2D eigenvalue weighted by atomic mass is 9.92. The van der Waals surface area contributed by atoms with Crippen LogP contribution in [0.2, 0.25) is 0 Å². The molecule has 2 aliphatic rings. The zero-order valence-electron chi connectivity index (χ0n) is 11.3. The lowest BCUT2D eigenvalue weighted by molar-refractivity contribution is 0.357. The topological polar surface area (TPSA) is 21.1 Å². The molecule has 1 aromatic rings. The van der Waals surface area contributed by atoms with Crippen LogP contribution in [0, 0.1) is 12.8 Å². The van der Waals surface area contributed by atoms with Crippen molar-refractivity contribution < 1.29 is 0 Å². The molecular formula is C14H22ClN3. The number of nitrogens with zero attached hydrogens (tertiary/aromatic N) is 3. The van der Waals surface area contributed by atoms with E-state index < -0.39 is 0 Å². The Kier molecular flexibility index (Phi) is 3.27. The fourth-order valence-corrected chi connectivity index (χ4v) is 4.24. The van der Waals surface area contributed by atoms with Gasteiger partial charge in [-0.3, -0.25) is 4.68 Å². The number of anilines is 1. The first kappa shape index (κ1) is 12.3. The van der Waals surface area contributed by atoms with Gasteiger partial charge in [0.1, 0.15) is 5.82 Å². The molecule has 100 valence electrons. The van der Waals surface area contributed by atoms with E-state index >= 15 is 0 Å². The number of aromatic nitrogens is 2. The van der Waals surface area contributed by atoms with E-state index in [0.29, 0.717) is 5.88 Å². The third-order valence-electron chi connectivity index (χ3n) is 4.71. The van der Waals surface area contributed by atoms with E-state index in [4.69, 9.17) is 11.6 Å². The largest absolute Gasteiger partial charge is 0.353 e. The van der Waals surface area contributed by atoms with Crippen LogP contribution in [0.25, 0.3) is 0 Å². The molecule has 3 rings (SSSR count). The zero-order valence-corrected chi connectivity index (χ0v) is 12.1. The van der Waals surface area contributed by atoms with Gasteiger partial charge in [0.2, 0.25) is 0 Å². The highest BCUT2D eigenvalue weighted by atomic mass is 35.5. The number of piperidine rings is 1. The highest BCUT2D eigenvalue weighted by Crippen LogP contribution is 2.40. The van der Waals surface area contributed by atoms with E-state index in [0.717, 1.165) is 17.7 Å². The quantitative estimate of drug-likeness (QED) is 0.767. The minimum atomic E-state index is 0.572. The van der Waals surface area contributed by atoms with E-state index in [9.17, 15) is 0 Å². The van der Waals surface area contributed by atoms with E-state index in [1.165, 1.54) is 50.0 Å². The van der Waals surface area contributed by atoms with Crippen LogP contribution in [-0.4, -0.2) is 22.4 Å². The molecule has 2 heterocycles. The number of hydrogen-bond donors (Lipinski definition) is 0. The Labute approximate surface area is 114 Å². The summed E-state index contributed by atoms with van der Waals surface area (Å²) < 4.78 is 2.04. The normalized spacial score (nSPS) is 27.6. The van der Waals surface area contributed by atoms with E-state index in [-0.39, 0.29) is 0 Å². The summed E-state index contributed by atoms with van der Waals surface area (Å²) in [5, 5.41) is 4.56. The van der Waals surface area contributed by atoms with Crippen LogP contribution in [-0.2, 0) is 12.9 Å². The summed E-state index contributed by atoms with van der Waals surface area (Å²) in [5.74, 6) is 2.75. The van der Waals surface area contributed by atoms with Crippen LogP contribution >= 0.6 is 11.6 Å². The second-order valence-electron chi connectivity index (χ2n) is 5.74. The Balaban J connectivity index is 1.98. The van der Waals surface area contributed by atoms with Gasteiger partial charge in [-0.15, -0.1) is 11.6 Å². The molecule has 1 aliphatic carbocycles.